The number of benzene rings is 1. The number of anilines is 2. The third kappa shape index (κ3) is 2.28. The zero-order valence-electron chi connectivity index (χ0n) is 9.79. The number of nitrogens with two attached hydrogens (primary N) is 1. The van der Waals surface area contributed by atoms with Crippen molar-refractivity contribution in [1.82, 2.24) is 9.55 Å². The summed E-state index contributed by atoms with van der Waals surface area (Å²) < 4.78 is 1.74. The molecule has 1 aromatic heterocycles. The maximum Gasteiger partial charge on any atom is 0.278 e. The van der Waals surface area contributed by atoms with Crippen molar-refractivity contribution < 1.29 is 4.79 Å². The Hall–Kier alpha value is -2.30. The minimum absolute atomic E-state index is 0.143. The van der Waals surface area contributed by atoms with Crippen LogP contribution in [0.25, 0.3) is 0 Å². The van der Waals surface area contributed by atoms with Gasteiger partial charge in [0.1, 0.15) is 5.69 Å². The average molecular weight is 230 g/mol. The van der Waals surface area contributed by atoms with Gasteiger partial charge in [-0.2, -0.15) is 0 Å². The largest absolute Gasteiger partial charge is 0.399 e. The first-order chi connectivity index (χ1) is 8.08. The van der Waals surface area contributed by atoms with Crippen molar-refractivity contribution in [3.63, 3.8) is 0 Å². The predicted molar refractivity (Wildman–Crippen MR) is 66.8 cm³/mol. The van der Waals surface area contributed by atoms with E-state index in [0.717, 1.165) is 5.69 Å². The van der Waals surface area contributed by atoms with E-state index in [9.17, 15) is 4.79 Å². The first-order valence-corrected chi connectivity index (χ1v) is 5.19. The minimum atomic E-state index is -0.143. The first-order valence-electron chi connectivity index (χ1n) is 5.19. The predicted octanol–water partition coefficient (Wildman–Crippen LogP) is 1.28. The van der Waals surface area contributed by atoms with E-state index in [1.165, 1.54) is 0 Å². The highest BCUT2D eigenvalue weighted by Gasteiger charge is 2.15. The summed E-state index contributed by atoms with van der Waals surface area (Å²) in [5.74, 6) is -0.143. The molecule has 5 heteroatoms. The van der Waals surface area contributed by atoms with E-state index in [1.807, 2.05) is 7.05 Å². The lowest BCUT2D eigenvalue weighted by molar-refractivity contribution is 0.0988. The topological polar surface area (TPSA) is 64.2 Å². The molecular formula is C12H14N4O. The number of carbonyl (C=O) groups is 1. The molecule has 1 amide bonds. The molecule has 17 heavy (non-hydrogen) atoms. The Bertz CT molecular complexity index is 530. The first kappa shape index (κ1) is 11.2. The van der Waals surface area contributed by atoms with Gasteiger partial charge in [0, 0.05) is 31.7 Å². The maximum absolute atomic E-state index is 12.1. The molecule has 2 N–H and O–H groups in total. The van der Waals surface area contributed by atoms with Crippen LogP contribution in [0.5, 0.6) is 0 Å². The van der Waals surface area contributed by atoms with E-state index in [0.29, 0.717) is 11.4 Å². The number of carbonyl (C=O) groups excluding carboxylic acids is 1. The third-order valence-electron chi connectivity index (χ3n) is 2.51. The fraction of sp³-hybridized carbons (Fsp3) is 0.167. The number of rotatable bonds is 2. The number of aryl methyl sites for hydroxylation is 1. The van der Waals surface area contributed by atoms with E-state index < -0.39 is 0 Å². The Kier molecular flexibility index (Phi) is 2.82. The quantitative estimate of drug-likeness (QED) is 0.790. The molecule has 0 saturated heterocycles. The van der Waals surface area contributed by atoms with Crippen LogP contribution in [-0.2, 0) is 7.05 Å². The van der Waals surface area contributed by atoms with Crippen LogP contribution in [0.1, 0.15) is 10.5 Å². The standard InChI is InChI=1S/C12H14N4O/c1-15-7-11(14-8-15)12(17)16(2)10-5-3-9(13)4-6-10/h3-8H,13H2,1-2H3. The molecule has 2 rings (SSSR count). The van der Waals surface area contributed by atoms with Gasteiger partial charge in [0.2, 0.25) is 0 Å². The van der Waals surface area contributed by atoms with E-state index in [1.54, 1.807) is 53.3 Å². The van der Waals surface area contributed by atoms with Crippen LogP contribution >= 0.6 is 0 Å². The molecule has 0 saturated carbocycles. The molecule has 0 aliphatic rings. The highest BCUT2D eigenvalue weighted by molar-refractivity contribution is 6.04. The van der Waals surface area contributed by atoms with Gasteiger partial charge >= 0.3 is 0 Å². The lowest BCUT2D eigenvalue weighted by Gasteiger charge is -2.15. The lowest BCUT2D eigenvalue weighted by Crippen LogP contribution is -2.26. The molecule has 0 unspecified atom stereocenters. The Labute approximate surface area is 99.5 Å². The van der Waals surface area contributed by atoms with Crippen molar-refractivity contribution in [1.29, 1.82) is 0 Å². The normalized spacial score (nSPS) is 10.2. The molecule has 1 heterocycles. The molecule has 0 aliphatic heterocycles. The van der Waals surface area contributed by atoms with Crippen molar-refractivity contribution in [3.8, 4) is 0 Å². The third-order valence-corrected chi connectivity index (χ3v) is 2.51. The van der Waals surface area contributed by atoms with Crippen LogP contribution in [0.2, 0.25) is 0 Å². The summed E-state index contributed by atoms with van der Waals surface area (Å²) in [6.45, 7) is 0. The van der Waals surface area contributed by atoms with Crippen LogP contribution in [0.4, 0.5) is 11.4 Å². The van der Waals surface area contributed by atoms with E-state index >= 15 is 0 Å². The number of imidazole rings is 1. The number of hydrogen-bond donors (Lipinski definition) is 1. The number of hydrogen-bond acceptors (Lipinski definition) is 3. The second-order valence-electron chi connectivity index (χ2n) is 3.88. The van der Waals surface area contributed by atoms with Crippen LogP contribution < -0.4 is 10.6 Å². The second kappa shape index (κ2) is 4.29. The molecule has 0 fully saturated rings. The number of amides is 1. The van der Waals surface area contributed by atoms with Crippen LogP contribution in [0.15, 0.2) is 36.8 Å². The van der Waals surface area contributed by atoms with Crippen LogP contribution in [0, 0.1) is 0 Å². The molecular weight excluding hydrogens is 216 g/mol. The molecule has 0 aliphatic carbocycles. The van der Waals surface area contributed by atoms with Gasteiger partial charge in [-0.15, -0.1) is 0 Å². The van der Waals surface area contributed by atoms with Crippen molar-refractivity contribution in [2.45, 2.75) is 0 Å². The van der Waals surface area contributed by atoms with Crippen LogP contribution in [-0.4, -0.2) is 22.5 Å². The molecule has 0 spiro atoms. The lowest BCUT2D eigenvalue weighted by atomic mass is 10.2. The molecule has 0 radical (unpaired) electrons. The van der Waals surface area contributed by atoms with Gasteiger partial charge < -0.3 is 15.2 Å². The highest BCUT2D eigenvalue weighted by Crippen LogP contribution is 2.16. The smallest absolute Gasteiger partial charge is 0.278 e. The van der Waals surface area contributed by atoms with Gasteiger partial charge in [0.25, 0.3) is 5.91 Å². The average Bonchev–Trinajstić information content (AvgIpc) is 2.75. The molecule has 5 nitrogen and oxygen atoms in total. The maximum atomic E-state index is 12.1. The Morgan fingerprint density at radius 2 is 2.00 bits per heavy atom. The summed E-state index contributed by atoms with van der Waals surface area (Å²) in [5.41, 5.74) is 7.48. The summed E-state index contributed by atoms with van der Waals surface area (Å²) in [7, 11) is 3.54. The highest BCUT2D eigenvalue weighted by atomic mass is 16.2. The zero-order valence-corrected chi connectivity index (χ0v) is 9.79. The SMILES string of the molecule is CN(C(=O)c1cn(C)cn1)c1ccc(N)cc1. The van der Waals surface area contributed by atoms with Crippen LogP contribution in [0.3, 0.4) is 0 Å². The summed E-state index contributed by atoms with van der Waals surface area (Å²) in [5, 5.41) is 0. The summed E-state index contributed by atoms with van der Waals surface area (Å²) in [4.78, 5) is 17.6. The number of aromatic nitrogens is 2. The Balaban J connectivity index is 2.23. The second-order valence-corrected chi connectivity index (χ2v) is 3.88. The minimum Gasteiger partial charge on any atom is -0.399 e. The fourth-order valence-electron chi connectivity index (χ4n) is 1.51. The fourth-order valence-corrected chi connectivity index (χ4v) is 1.51. The molecule has 0 bridgehead atoms. The molecule has 2 aromatic rings. The number of nitrogens with zero attached hydrogens (tertiary/aromatic N) is 3. The van der Waals surface area contributed by atoms with Gasteiger partial charge in [-0.3, -0.25) is 4.79 Å². The van der Waals surface area contributed by atoms with Gasteiger partial charge in [0.05, 0.1) is 6.33 Å². The number of nitrogen functional groups attached to an aromatic ring is 1. The van der Waals surface area contributed by atoms with E-state index in [-0.39, 0.29) is 5.91 Å². The van der Waals surface area contributed by atoms with Gasteiger partial charge in [-0.25, -0.2) is 4.98 Å². The Morgan fingerprint density at radius 1 is 1.35 bits per heavy atom. The molecule has 0 atom stereocenters. The summed E-state index contributed by atoms with van der Waals surface area (Å²) in [6, 6.07) is 7.13. The molecule has 1 aromatic carbocycles. The summed E-state index contributed by atoms with van der Waals surface area (Å²) >= 11 is 0. The van der Waals surface area contributed by atoms with Crippen molar-refractivity contribution in [2.24, 2.45) is 7.05 Å². The molecule has 88 valence electrons. The summed E-state index contributed by atoms with van der Waals surface area (Å²) in [6.07, 6.45) is 3.29. The Morgan fingerprint density at radius 3 is 2.53 bits per heavy atom. The van der Waals surface area contributed by atoms with E-state index in [4.69, 9.17) is 5.73 Å². The van der Waals surface area contributed by atoms with Crippen molar-refractivity contribution in [3.05, 3.63) is 42.5 Å². The van der Waals surface area contributed by atoms with Gasteiger partial charge in [-0.1, -0.05) is 0 Å². The van der Waals surface area contributed by atoms with Crippen molar-refractivity contribution >= 4 is 17.3 Å². The zero-order chi connectivity index (χ0) is 12.4. The van der Waals surface area contributed by atoms with Gasteiger partial charge in [-0.05, 0) is 24.3 Å². The van der Waals surface area contributed by atoms with E-state index in [2.05, 4.69) is 4.98 Å². The monoisotopic (exact) mass is 230 g/mol. The van der Waals surface area contributed by atoms with Crippen molar-refractivity contribution in [2.75, 3.05) is 17.7 Å². The van der Waals surface area contributed by atoms with Gasteiger partial charge in [0.15, 0.2) is 0 Å².